The molecule has 0 saturated carbocycles. The summed E-state index contributed by atoms with van der Waals surface area (Å²) >= 11 is 0. The molecule has 0 aliphatic rings. The Morgan fingerprint density at radius 2 is 0.268 bits per heavy atom. The van der Waals surface area contributed by atoms with Crippen molar-refractivity contribution < 1.29 is 228 Å². The van der Waals surface area contributed by atoms with E-state index in [9.17, 15) is 228 Å². The zero-order valence-corrected chi connectivity index (χ0v) is 54.6. The van der Waals surface area contributed by atoms with Crippen molar-refractivity contribution in [2.45, 2.75) is 195 Å². The summed E-state index contributed by atoms with van der Waals surface area (Å²) in [6.07, 6.45) is -52.0. The first-order chi connectivity index (χ1) is 49.2. The Balaban J connectivity index is 1.92. The second-order valence-electron chi connectivity index (χ2n) is 24.0. The van der Waals surface area contributed by atoms with Crippen molar-refractivity contribution >= 4 is 37.1 Å². The summed E-state index contributed by atoms with van der Waals surface area (Å²) in [4.78, 5) is 0. The molecule has 0 saturated heterocycles. The van der Waals surface area contributed by atoms with E-state index in [4.69, 9.17) is 0 Å². The van der Waals surface area contributed by atoms with Gasteiger partial charge in [-0.25, -0.2) is 0 Å². The number of alkyl halides is 52. The average molecular weight is 1780 g/mol. The standard InChI is InChI=1S/C58H36F52P2/c59-35(60,39(67,68)43(75,76)47(83,84)51(91,92)55(99,100)101)21-17-27-1-9-31(10-2-27)111(32-11-3-28(4-12-32)18-22-36(61,62)40(69,70)44(77,78)48(85,86)52(93,94)56(102,103)104)25-26-112(33-13-5-29(6-14-33)19-23-37(63,64)41(71,72)45(79,80)49(87,88)53(95,96)57(105,106)107)34-15-7-30(8-16-34)20-24-38(65,66)42(73,74)46(81,82)50(89,90)54(97,98)58(108,109)110/h1-16H,17-26H2. The minimum atomic E-state index is -8.38. The Morgan fingerprint density at radius 1 is 0.152 bits per heavy atom. The zero-order chi connectivity index (χ0) is 88.2. The SMILES string of the molecule is FC(F)(F)C(F)(F)C(F)(F)C(F)(F)C(F)(F)C(F)(F)CCc1ccc(P(CCP(c2ccc(CCC(F)(F)C(F)(F)C(F)(F)C(F)(F)C(F)(F)C(F)(F)F)cc2)c2ccc(CCC(F)(F)C(F)(F)C(F)(F)C(F)(F)C(F)(F)C(F)(F)F)cc2)c2ccc(CCC(F)(F)C(F)(F)C(F)(F)C(F)(F)C(F)(F)C(F)(F)F)cc2)cc1. The number of halogens is 52. The molecule has 0 heterocycles. The molecular weight excluding hydrogens is 1750 g/mol. The van der Waals surface area contributed by atoms with Crippen LogP contribution < -0.4 is 21.2 Å². The maximum Gasteiger partial charge on any atom is 0.460 e. The van der Waals surface area contributed by atoms with Crippen LogP contribution in [0, 0.1) is 0 Å². The van der Waals surface area contributed by atoms with Gasteiger partial charge in [-0.15, -0.1) is 0 Å². The van der Waals surface area contributed by atoms with Crippen LogP contribution in [-0.2, 0) is 25.7 Å². The van der Waals surface area contributed by atoms with Crippen LogP contribution in [0.4, 0.5) is 228 Å². The van der Waals surface area contributed by atoms with E-state index in [1.165, 1.54) is 0 Å². The van der Waals surface area contributed by atoms with Gasteiger partial charge in [0.15, 0.2) is 0 Å². The maximum absolute atomic E-state index is 14.9. The second kappa shape index (κ2) is 30.2. The summed E-state index contributed by atoms with van der Waals surface area (Å²) in [5.41, 5.74) is -3.62. The molecule has 54 heteroatoms. The third kappa shape index (κ3) is 16.5. The molecule has 0 N–H and O–H groups in total. The van der Waals surface area contributed by atoms with Crippen LogP contribution in [0.2, 0.25) is 0 Å². The first-order valence-corrected chi connectivity index (χ1v) is 32.0. The van der Waals surface area contributed by atoms with E-state index in [0.29, 0.717) is 97.1 Å². The number of hydrogen-bond acceptors (Lipinski definition) is 0. The van der Waals surface area contributed by atoms with E-state index in [-0.39, 0.29) is 0 Å². The minimum absolute atomic E-state index is 0.416. The Kier molecular flexibility index (Phi) is 26.6. The van der Waals surface area contributed by atoms with Crippen molar-refractivity contribution in [1.29, 1.82) is 0 Å². The molecule has 4 aromatic rings. The van der Waals surface area contributed by atoms with E-state index in [0.717, 1.165) is 0 Å². The first-order valence-electron chi connectivity index (χ1n) is 29.0. The van der Waals surface area contributed by atoms with Crippen molar-refractivity contribution in [3.63, 3.8) is 0 Å². The van der Waals surface area contributed by atoms with Gasteiger partial charge in [-0.1, -0.05) is 97.1 Å². The lowest BCUT2D eigenvalue weighted by Gasteiger charge is -2.39. The molecule has 0 fully saturated rings. The molecule has 0 aliphatic heterocycles. The lowest BCUT2D eigenvalue weighted by Crippen LogP contribution is -2.70. The molecule has 0 radical (unpaired) electrons. The van der Waals surface area contributed by atoms with Crippen molar-refractivity contribution in [1.82, 2.24) is 0 Å². The van der Waals surface area contributed by atoms with Gasteiger partial charge in [-0.2, -0.15) is 228 Å². The molecule has 112 heavy (non-hydrogen) atoms. The molecule has 0 bridgehead atoms. The van der Waals surface area contributed by atoms with Crippen LogP contribution in [0.3, 0.4) is 0 Å². The van der Waals surface area contributed by atoms with Gasteiger partial charge in [0.1, 0.15) is 0 Å². The van der Waals surface area contributed by atoms with Gasteiger partial charge in [0.05, 0.1) is 0 Å². The molecular formula is C58H36F52P2. The molecule has 0 aromatic heterocycles. The van der Waals surface area contributed by atoms with E-state index >= 15 is 0 Å². The first kappa shape index (κ1) is 98.5. The molecule has 4 aromatic carbocycles. The molecule has 0 spiro atoms. The fourth-order valence-corrected chi connectivity index (χ4v) is 14.7. The van der Waals surface area contributed by atoms with Crippen LogP contribution >= 0.6 is 15.8 Å². The lowest BCUT2D eigenvalue weighted by molar-refractivity contribution is -0.440. The van der Waals surface area contributed by atoms with Gasteiger partial charge < -0.3 is 0 Å². The highest BCUT2D eigenvalue weighted by Gasteiger charge is 2.95. The molecule has 0 aliphatic carbocycles. The normalized spacial score (nSPS) is 15.7. The summed E-state index contributed by atoms with van der Waals surface area (Å²) in [5, 5.41) is -1.66. The summed E-state index contributed by atoms with van der Waals surface area (Å²) < 4.78 is 720. The highest BCUT2D eigenvalue weighted by Crippen LogP contribution is 2.66. The summed E-state index contributed by atoms with van der Waals surface area (Å²) in [6, 6.07) is 8.66. The quantitative estimate of drug-likeness (QED) is 0.0318. The van der Waals surface area contributed by atoms with Gasteiger partial charge in [-0.05, 0) is 97.3 Å². The van der Waals surface area contributed by atoms with Crippen molar-refractivity contribution in [3.8, 4) is 0 Å². The predicted molar refractivity (Wildman–Crippen MR) is 284 cm³/mol. The van der Waals surface area contributed by atoms with Gasteiger partial charge in [0, 0.05) is 25.7 Å². The van der Waals surface area contributed by atoms with Crippen LogP contribution in [0.15, 0.2) is 97.1 Å². The van der Waals surface area contributed by atoms with Gasteiger partial charge >= 0.3 is 143 Å². The molecule has 0 atom stereocenters. The van der Waals surface area contributed by atoms with E-state index in [2.05, 4.69) is 0 Å². The van der Waals surface area contributed by atoms with Gasteiger partial charge in [0.2, 0.25) is 0 Å². The maximum atomic E-state index is 14.9. The second-order valence-corrected chi connectivity index (χ2v) is 28.6. The molecule has 4 rings (SSSR count). The molecule has 0 unspecified atom stereocenters. The Bertz CT molecular complexity index is 3310. The smallest absolute Gasteiger partial charge is 0.200 e. The van der Waals surface area contributed by atoms with Crippen molar-refractivity contribution in [3.05, 3.63) is 119 Å². The number of rotatable bonds is 35. The highest BCUT2D eigenvalue weighted by molar-refractivity contribution is 7.76. The van der Waals surface area contributed by atoms with E-state index < -0.39 is 266 Å². The molecule has 642 valence electrons. The minimum Gasteiger partial charge on any atom is -0.200 e. The van der Waals surface area contributed by atoms with Crippen molar-refractivity contribution in [2.24, 2.45) is 0 Å². The molecule has 0 nitrogen and oxygen atoms in total. The number of aryl methyl sites for hydroxylation is 4. The monoisotopic (exact) mass is 1780 g/mol. The van der Waals surface area contributed by atoms with Crippen LogP contribution in [0.5, 0.6) is 0 Å². The Morgan fingerprint density at radius 3 is 0.384 bits per heavy atom. The van der Waals surface area contributed by atoms with E-state index in [1.807, 2.05) is 0 Å². The van der Waals surface area contributed by atoms with Gasteiger partial charge in [0.25, 0.3) is 0 Å². The summed E-state index contributed by atoms with van der Waals surface area (Å²) in [7, 11) is -5.39. The predicted octanol–water partition coefficient (Wildman–Crippen LogP) is 23.9. The zero-order valence-electron chi connectivity index (χ0n) is 52.9. The fraction of sp³-hybridized carbons (Fsp3) is 0.586. The van der Waals surface area contributed by atoms with Gasteiger partial charge in [-0.3, -0.25) is 0 Å². The Labute approximate surface area is 591 Å². The number of hydrogen-bond donors (Lipinski definition) is 0. The van der Waals surface area contributed by atoms with E-state index in [1.54, 1.807) is 0 Å². The third-order valence-corrected chi connectivity index (χ3v) is 21.8. The topological polar surface area (TPSA) is 0 Å². The van der Waals surface area contributed by atoms with Crippen molar-refractivity contribution in [2.75, 3.05) is 12.3 Å². The Hall–Kier alpha value is -5.90. The summed E-state index contributed by atoms with van der Waals surface area (Å²) in [5.74, 6) is -158. The average Bonchev–Trinajstić information content (AvgIpc) is 0.727. The fourth-order valence-electron chi connectivity index (χ4n) is 9.43. The third-order valence-electron chi connectivity index (χ3n) is 16.4. The number of benzene rings is 4. The van der Waals surface area contributed by atoms with Crippen LogP contribution in [0.25, 0.3) is 0 Å². The molecule has 0 amide bonds. The highest BCUT2D eigenvalue weighted by atomic mass is 31.1. The lowest BCUT2D eigenvalue weighted by atomic mass is 9.91. The largest absolute Gasteiger partial charge is 0.460 e. The summed E-state index contributed by atoms with van der Waals surface area (Å²) in [6.45, 7) is 0. The van der Waals surface area contributed by atoms with Crippen LogP contribution in [-0.4, -0.2) is 155 Å². The van der Waals surface area contributed by atoms with Crippen LogP contribution in [0.1, 0.15) is 47.9 Å².